The molecule has 1 N–H and O–H groups in total. The second-order valence-corrected chi connectivity index (χ2v) is 6.18. The van der Waals surface area contributed by atoms with Crippen molar-refractivity contribution in [3.63, 3.8) is 0 Å². The van der Waals surface area contributed by atoms with Crippen molar-refractivity contribution in [1.29, 1.82) is 0 Å². The summed E-state index contributed by atoms with van der Waals surface area (Å²) in [6, 6.07) is 0. The molecule has 1 amide bonds. The number of alkyl halides is 3. The van der Waals surface area contributed by atoms with Crippen LogP contribution in [0.2, 0.25) is 0 Å². The number of carboxylic acid groups (broad SMARTS) is 1. The van der Waals surface area contributed by atoms with Crippen LogP contribution in [0.15, 0.2) is 0 Å². The number of nitrogens with zero attached hydrogens (tertiary/aromatic N) is 1. The number of hydrogen-bond acceptors (Lipinski definition) is 2. The number of aliphatic carboxylic acids is 1. The quantitative estimate of drug-likeness (QED) is 0.849. The topological polar surface area (TPSA) is 57.6 Å². The van der Waals surface area contributed by atoms with Gasteiger partial charge < -0.3 is 10.0 Å². The Balaban J connectivity index is 1.98. The van der Waals surface area contributed by atoms with Crippen molar-refractivity contribution in [2.45, 2.75) is 44.7 Å². The Morgan fingerprint density at radius 2 is 1.71 bits per heavy atom. The van der Waals surface area contributed by atoms with Crippen LogP contribution >= 0.6 is 0 Å². The van der Waals surface area contributed by atoms with Crippen molar-refractivity contribution < 1.29 is 27.9 Å². The monoisotopic (exact) mass is 307 g/mol. The van der Waals surface area contributed by atoms with E-state index in [4.69, 9.17) is 5.11 Å². The van der Waals surface area contributed by atoms with Crippen molar-refractivity contribution in [3.8, 4) is 0 Å². The van der Waals surface area contributed by atoms with Crippen LogP contribution in [0.5, 0.6) is 0 Å². The molecule has 2 rings (SSSR count). The Morgan fingerprint density at radius 1 is 1.10 bits per heavy atom. The van der Waals surface area contributed by atoms with Gasteiger partial charge in [0.1, 0.15) is 6.54 Å². The molecule has 7 heteroatoms. The molecule has 0 spiro atoms. The second kappa shape index (κ2) is 6.23. The van der Waals surface area contributed by atoms with Gasteiger partial charge in [0.25, 0.3) is 0 Å². The number of carbonyl (C=O) groups is 2. The maximum atomic E-state index is 12.6. The number of hydrogen-bond donors (Lipinski definition) is 1. The lowest BCUT2D eigenvalue weighted by Gasteiger charge is -2.34. The number of rotatable bonds is 5. The fourth-order valence-electron chi connectivity index (χ4n) is 3.12. The highest BCUT2D eigenvalue weighted by atomic mass is 19.4. The summed E-state index contributed by atoms with van der Waals surface area (Å²) >= 11 is 0. The molecule has 0 saturated heterocycles. The first-order valence-electron chi connectivity index (χ1n) is 7.34. The summed E-state index contributed by atoms with van der Waals surface area (Å²) in [5.74, 6) is -2.51. The Bertz CT molecular complexity index is 407. The lowest BCUT2D eigenvalue weighted by Crippen LogP contribution is -2.45. The van der Waals surface area contributed by atoms with E-state index >= 15 is 0 Å². The first kappa shape index (κ1) is 16.1. The molecule has 2 fully saturated rings. The van der Waals surface area contributed by atoms with Crippen LogP contribution in [0.4, 0.5) is 13.2 Å². The van der Waals surface area contributed by atoms with E-state index in [0.29, 0.717) is 12.8 Å². The minimum absolute atomic E-state index is 0.145. The average molecular weight is 307 g/mol. The molecule has 0 radical (unpaired) electrons. The highest BCUT2D eigenvalue weighted by molar-refractivity contribution is 5.81. The smallest absolute Gasteiger partial charge is 0.406 e. The van der Waals surface area contributed by atoms with Crippen LogP contribution in [0.3, 0.4) is 0 Å². The normalized spacial score (nSPS) is 26.4. The number of halogens is 3. The number of amides is 1. The van der Waals surface area contributed by atoms with Gasteiger partial charge in [-0.1, -0.05) is 6.42 Å². The molecule has 0 heterocycles. The van der Waals surface area contributed by atoms with Gasteiger partial charge in [0, 0.05) is 12.5 Å². The fourth-order valence-corrected chi connectivity index (χ4v) is 3.12. The number of carboxylic acids is 1. The summed E-state index contributed by atoms with van der Waals surface area (Å²) < 4.78 is 37.9. The SMILES string of the molecule is O=C(O)[C@@H]1CC[C@H](C(=O)N(CC2CCC2)CC(F)(F)F)C1. The molecule has 2 aliphatic rings. The average Bonchev–Trinajstić information content (AvgIpc) is 2.79. The fraction of sp³-hybridized carbons (Fsp3) is 0.857. The Hall–Kier alpha value is -1.27. The molecule has 2 aliphatic carbocycles. The summed E-state index contributed by atoms with van der Waals surface area (Å²) in [5, 5.41) is 8.93. The maximum Gasteiger partial charge on any atom is 0.406 e. The van der Waals surface area contributed by atoms with Crippen LogP contribution in [0.1, 0.15) is 38.5 Å². The lowest BCUT2D eigenvalue weighted by molar-refractivity contribution is -0.165. The predicted octanol–water partition coefficient (Wildman–Crippen LogP) is 2.68. The van der Waals surface area contributed by atoms with E-state index in [0.717, 1.165) is 24.2 Å². The molecule has 2 saturated carbocycles. The minimum Gasteiger partial charge on any atom is -0.481 e. The zero-order valence-corrected chi connectivity index (χ0v) is 11.7. The summed E-state index contributed by atoms with van der Waals surface area (Å²) in [5.41, 5.74) is 0. The molecule has 120 valence electrons. The molecule has 21 heavy (non-hydrogen) atoms. The molecule has 0 aliphatic heterocycles. The van der Waals surface area contributed by atoms with Gasteiger partial charge in [-0.25, -0.2) is 0 Å². The van der Waals surface area contributed by atoms with Crippen molar-refractivity contribution in [3.05, 3.63) is 0 Å². The zero-order valence-electron chi connectivity index (χ0n) is 11.7. The van der Waals surface area contributed by atoms with Crippen molar-refractivity contribution in [2.75, 3.05) is 13.1 Å². The predicted molar refractivity (Wildman–Crippen MR) is 68.4 cm³/mol. The van der Waals surface area contributed by atoms with Gasteiger partial charge in [0.15, 0.2) is 0 Å². The van der Waals surface area contributed by atoms with E-state index in [1.807, 2.05) is 0 Å². The van der Waals surface area contributed by atoms with Gasteiger partial charge in [-0.05, 0) is 38.0 Å². The maximum absolute atomic E-state index is 12.6. The first-order valence-corrected chi connectivity index (χ1v) is 7.34. The summed E-state index contributed by atoms with van der Waals surface area (Å²) in [6.45, 7) is -1.08. The van der Waals surface area contributed by atoms with Crippen LogP contribution in [0.25, 0.3) is 0 Å². The van der Waals surface area contributed by atoms with Gasteiger partial charge in [-0.15, -0.1) is 0 Å². The Kier molecular flexibility index (Phi) is 4.78. The molecule has 0 aromatic heterocycles. The van der Waals surface area contributed by atoms with Crippen molar-refractivity contribution >= 4 is 11.9 Å². The van der Waals surface area contributed by atoms with Gasteiger partial charge >= 0.3 is 12.1 Å². The van der Waals surface area contributed by atoms with Crippen molar-refractivity contribution in [2.24, 2.45) is 17.8 Å². The summed E-state index contributed by atoms with van der Waals surface area (Å²) in [6.07, 6.45) is -0.779. The molecule has 0 aromatic rings. The molecule has 4 nitrogen and oxygen atoms in total. The molecule has 0 bridgehead atoms. The highest BCUT2D eigenvalue weighted by Gasteiger charge is 2.40. The van der Waals surface area contributed by atoms with E-state index < -0.39 is 36.4 Å². The van der Waals surface area contributed by atoms with Crippen LogP contribution in [0, 0.1) is 17.8 Å². The van der Waals surface area contributed by atoms with Crippen LogP contribution < -0.4 is 0 Å². The largest absolute Gasteiger partial charge is 0.481 e. The molecule has 0 unspecified atom stereocenters. The first-order chi connectivity index (χ1) is 9.76. The summed E-state index contributed by atoms with van der Waals surface area (Å²) in [7, 11) is 0. The molecular weight excluding hydrogens is 287 g/mol. The second-order valence-electron chi connectivity index (χ2n) is 6.18. The van der Waals surface area contributed by atoms with E-state index in [9.17, 15) is 22.8 Å². The minimum atomic E-state index is -4.41. The summed E-state index contributed by atoms with van der Waals surface area (Å²) in [4.78, 5) is 24.1. The van der Waals surface area contributed by atoms with Gasteiger partial charge in [0.05, 0.1) is 5.92 Å². The van der Waals surface area contributed by atoms with Crippen LogP contribution in [-0.2, 0) is 9.59 Å². The van der Waals surface area contributed by atoms with Gasteiger partial charge in [-0.3, -0.25) is 9.59 Å². The third kappa shape index (κ3) is 4.35. The van der Waals surface area contributed by atoms with Crippen LogP contribution in [-0.4, -0.2) is 41.1 Å². The zero-order chi connectivity index (χ0) is 15.6. The van der Waals surface area contributed by atoms with Gasteiger partial charge in [0.2, 0.25) is 5.91 Å². The number of carbonyl (C=O) groups excluding carboxylic acids is 1. The lowest BCUT2D eigenvalue weighted by atomic mass is 9.85. The third-order valence-electron chi connectivity index (χ3n) is 4.52. The van der Waals surface area contributed by atoms with Gasteiger partial charge in [-0.2, -0.15) is 13.2 Å². The molecular formula is C14H20F3NO3. The van der Waals surface area contributed by atoms with Crippen molar-refractivity contribution in [1.82, 2.24) is 4.90 Å². The molecule has 0 aromatic carbocycles. The Labute approximate surface area is 121 Å². The third-order valence-corrected chi connectivity index (χ3v) is 4.52. The van der Waals surface area contributed by atoms with E-state index in [1.54, 1.807) is 0 Å². The van der Waals surface area contributed by atoms with E-state index in [-0.39, 0.29) is 18.9 Å². The highest BCUT2D eigenvalue weighted by Crippen LogP contribution is 2.34. The molecule has 2 atom stereocenters. The van der Waals surface area contributed by atoms with E-state index in [1.165, 1.54) is 0 Å². The van der Waals surface area contributed by atoms with E-state index in [2.05, 4.69) is 0 Å². The Morgan fingerprint density at radius 3 is 2.14 bits per heavy atom. The standard InChI is InChI=1S/C14H20F3NO3/c15-14(16,17)8-18(7-9-2-1-3-9)12(19)10-4-5-11(6-10)13(20)21/h9-11H,1-8H2,(H,20,21)/t10-,11+/m0/s1.